The third kappa shape index (κ3) is 4.73. The first-order valence-electron chi connectivity index (χ1n) is 11.6. The van der Waals surface area contributed by atoms with Crippen molar-refractivity contribution in [3.05, 3.63) is 48.0 Å². The summed E-state index contributed by atoms with van der Waals surface area (Å²) in [6.45, 7) is 0.271. The zero-order chi connectivity index (χ0) is 24.2. The quantitative estimate of drug-likeness (QED) is 0.325. The molecule has 0 N–H and O–H groups in total. The molecule has 4 rings (SSSR count). The molecular weight excluding hydrogens is 440 g/mol. The Labute approximate surface area is 197 Å². The van der Waals surface area contributed by atoms with Crippen LogP contribution in [-0.4, -0.2) is 71.3 Å². The fourth-order valence-corrected chi connectivity index (χ4v) is 5.22. The van der Waals surface area contributed by atoms with Crippen molar-refractivity contribution in [3.63, 3.8) is 0 Å². The summed E-state index contributed by atoms with van der Waals surface area (Å²) in [6, 6.07) is 8.09. The first-order chi connectivity index (χ1) is 16.4. The van der Waals surface area contributed by atoms with Crippen LogP contribution in [0.25, 0.3) is 0 Å². The van der Waals surface area contributed by atoms with E-state index >= 15 is 0 Å². The topological polar surface area (TPSA) is 110 Å². The van der Waals surface area contributed by atoms with Gasteiger partial charge in [0.15, 0.2) is 0 Å². The van der Waals surface area contributed by atoms with Crippen molar-refractivity contribution in [2.24, 2.45) is 5.92 Å². The van der Waals surface area contributed by atoms with Crippen molar-refractivity contribution in [1.29, 1.82) is 0 Å². The van der Waals surface area contributed by atoms with Gasteiger partial charge in [0.05, 0.1) is 12.7 Å². The van der Waals surface area contributed by atoms with Crippen LogP contribution in [0.15, 0.2) is 42.5 Å². The minimum atomic E-state index is -0.744. The number of methoxy groups -OCH3 is 1. The van der Waals surface area contributed by atoms with Gasteiger partial charge in [0.2, 0.25) is 5.91 Å². The van der Waals surface area contributed by atoms with Crippen LogP contribution in [0.1, 0.15) is 48.9 Å². The molecule has 0 spiro atoms. The molecule has 0 aliphatic carbocycles. The van der Waals surface area contributed by atoms with Gasteiger partial charge in [-0.15, -0.1) is 0 Å². The number of hydrogen-bond donors (Lipinski definition) is 0. The van der Waals surface area contributed by atoms with Gasteiger partial charge in [0.25, 0.3) is 11.8 Å². The Hall–Kier alpha value is -3.49. The molecule has 3 heterocycles. The molecule has 1 aromatic carbocycles. The molecule has 2 bridgehead atoms. The van der Waals surface area contributed by atoms with E-state index in [1.807, 2.05) is 0 Å². The van der Waals surface area contributed by atoms with Gasteiger partial charge in [-0.05, 0) is 37.8 Å². The van der Waals surface area contributed by atoms with Crippen molar-refractivity contribution in [2.75, 3.05) is 13.7 Å². The number of carbonyl (C=O) groups is 5. The number of esters is 2. The monoisotopic (exact) mass is 468 g/mol. The Bertz CT molecular complexity index is 988. The molecule has 9 nitrogen and oxygen atoms in total. The fourth-order valence-electron chi connectivity index (χ4n) is 5.22. The molecule has 3 aliphatic rings. The third-order valence-corrected chi connectivity index (χ3v) is 6.82. The smallest absolute Gasteiger partial charge is 0.338 e. The minimum Gasteiger partial charge on any atom is -0.469 e. The summed E-state index contributed by atoms with van der Waals surface area (Å²) in [6.07, 6.45) is 4.85. The Balaban J connectivity index is 1.38. The summed E-state index contributed by atoms with van der Waals surface area (Å²) in [7, 11) is 1.29. The van der Waals surface area contributed by atoms with Gasteiger partial charge in [0, 0.05) is 43.6 Å². The van der Waals surface area contributed by atoms with E-state index in [9.17, 15) is 24.0 Å². The molecule has 34 heavy (non-hydrogen) atoms. The number of hydrogen-bond acceptors (Lipinski definition) is 7. The van der Waals surface area contributed by atoms with E-state index in [1.165, 1.54) is 19.3 Å². The van der Waals surface area contributed by atoms with Crippen molar-refractivity contribution in [3.8, 4) is 0 Å². The van der Waals surface area contributed by atoms with E-state index < -0.39 is 30.0 Å². The number of carbonyl (C=O) groups excluding carboxylic acids is 5. The molecule has 2 fully saturated rings. The van der Waals surface area contributed by atoms with E-state index in [1.54, 1.807) is 35.2 Å². The van der Waals surface area contributed by atoms with Gasteiger partial charge < -0.3 is 14.4 Å². The predicted molar refractivity (Wildman–Crippen MR) is 119 cm³/mol. The largest absolute Gasteiger partial charge is 0.469 e. The molecule has 1 aromatic rings. The van der Waals surface area contributed by atoms with Gasteiger partial charge >= 0.3 is 11.9 Å². The Morgan fingerprint density at radius 2 is 1.71 bits per heavy atom. The number of amides is 3. The molecule has 0 aromatic heterocycles. The number of fused-ring (bicyclic) bond motifs is 2. The minimum absolute atomic E-state index is 0.0774. The first kappa shape index (κ1) is 23.7. The highest BCUT2D eigenvalue weighted by atomic mass is 16.6. The van der Waals surface area contributed by atoms with E-state index in [4.69, 9.17) is 9.47 Å². The number of rotatable bonds is 8. The summed E-state index contributed by atoms with van der Waals surface area (Å²) in [5.74, 6) is -2.48. The highest BCUT2D eigenvalue weighted by molar-refractivity contribution is 6.12. The normalized spacial score (nSPS) is 25.6. The zero-order valence-corrected chi connectivity index (χ0v) is 19.1. The second-order valence-corrected chi connectivity index (χ2v) is 8.81. The van der Waals surface area contributed by atoms with Crippen LogP contribution in [0, 0.1) is 5.92 Å². The van der Waals surface area contributed by atoms with Gasteiger partial charge in [-0.1, -0.05) is 18.2 Å². The van der Waals surface area contributed by atoms with Crippen molar-refractivity contribution >= 4 is 29.7 Å². The molecule has 0 radical (unpaired) electrons. The SMILES string of the molecule is COC(=O)[C@@H]1C2CCC(C[C@@H]1OC(=O)c1ccccc1)N2C(=O)CCCCN1C(=O)C=CC1=O. The molecule has 180 valence electrons. The number of benzene rings is 1. The van der Waals surface area contributed by atoms with Gasteiger partial charge in [0.1, 0.15) is 12.0 Å². The maximum atomic E-state index is 13.1. The van der Waals surface area contributed by atoms with E-state index in [-0.39, 0.29) is 36.7 Å². The summed E-state index contributed by atoms with van der Waals surface area (Å²) < 4.78 is 10.8. The van der Waals surface area contributed by atoms with Crippen molar-refractivity contribution < 1.29 is 33.4 Å². The summed E-state index contributed by atoms with van der Waals surface area (Å²) >= 11 is 0. The van der Waals surface area contributed by atoms with Gasteiger partial charge in [-0.3, -0.25) is 24.1 Å². The van der Waals surface area contributed by atoms with Crippen LogP contribution < -0.4 is 0 Å². The van der Waals surface area contributed by atoms with Crippen molar-refractivity contribution in [1.82, 2.24) is 9.80 Å². The molecule has 4 atom stereocenters. The number of nitrogens with zero attached hydrogens (tertiary/aromatic N) is 2. The van der Waals surface area contributed by atoms with E-state index in [2.05, 4.69) is 0 Å². The van der Waals surface area contributed by atoms with Crippen LogP contribution in [0.3, 0.4) is 0 Å². The molecule has 3 aliphatic heterocycles. The Morgan fingerprint density at radius 1 is 1.00 bits per heavy atom. The number of unbranched alkanes of at least 4 members (excludes halogenated alkanes) is 1. The highest BCUT2D eigenvalue weighted by Gasteiger charge is 2.53. The molecule has 3 amide bonds. The first-order valence-corrected chi connectivity index (χ1v) is 11.6. The second kappa shape index (κ2) is 10.2. The highest BCUT2D eigenvalue weighted by Crippen LogP contribution is 2.42. The number of piperidine rings is 1. The van der Waals surface area contributed by atoms with Crippen molar-refractivity contribution in [2.45, 2.75) is 56.7 Å². The van der Waals surface area contributed by atoms with Crippen LogP contribution in [0.4, 0.5) is 0 Å². The lowest BCUT2D eigenvalue weighted by atomic mass is 9.86. The van der Waals surface area contributed by atoms with Crippen LogP contribution in [0.5, 0.6) is 0 Å². The molecule has 2 unspecified atom stereocenters. The van der Waals surface area contributed by atoms with Crippen LogP contribution in [-0.2, 0) is 28.7 Å². The number of imide groups is 1. The maximum Gasteiger partial charge on any atom is 0.338 e. The molecule has 0 saturated carbocycles. The fraction of sp³-hybridized carbons (Fsp3) is 0.480. The van der Waals surface area contributed by atoms with Crippen LogP contribution >= 0.6 is 0 Å². The summed E-state index contributed by atoms with van der Waals surface area (Å²) in [4.78, 5) is 64.6. The zero-order valence-electron chi connectivity index (χ0n) is 19.1. The third-order valence-electron chi connectivity index (χ3n) is 6.82. The average Bonchev–Trinajstić information content (AvgIpc) is 3.33. The molecule has 9 heteroatoms. The Kier molecular flexibility index (Phi) is 7.09. The van der Waals surface area contributed by atoms with E-state index in [0.717, 1.165) is 11.3 Å². The van der Waals surface area contributed by atoms with E-state index in [0.29, 0.717) is 31.2 Å². The lowest BCUT2D eigenvalue weighted by Crippen LogP contribution is -2.56. The van der Waals surface area contributed by atoms with Gasteiger partial charge in [-0.25, -0.2) is 4.79 Å². The average molecular weight is 469 g/mol. The molecular formula is C25H28N2O7. The van der Waals surface area contributed by atoms with Crippen LogP contribution in [0.2, 0.25) is 0 Å². The number of ether oxygens (including phenoxy) is 2. The maximum absolute atomic E-state index is 13.1. The summed E-state index contributed by atoms with van der Waals surface area (Å²) in [5, 5.41) is 0. The molecule has 2 saturated heterocycles. The summed E-state index contributed by atoms with van der Waals surface area (Å²) in [5.41, 5.74) is 0.405. The predicted octanol–water partition coefficient (Wildman–Crippen LogP) is 1.86. The standard InChI is InChI=1S/C25H28N2O7/c1-33-25(32)23-18-11-10-17(15-19(23)34-24(31)16-7-3-2-4-8-16)27(18)22(30)9-5-6-14-26-20(28)12-13-21(26)29/h2-4,7-8,12-13,17-19,23H,5-6,9-11,14-15H2,1H3/t17?,18?,19-,23+/m0/s1. The van der Waals surface area contributed by atoms with Gasteiger partial charge in [-0.2, -0.15) is 0 Å². The lowest BCUT2D eigenvalue weighted by Gasteiger charge is -2.42. The second-order valence-electron chi connectivity index (χ2n) is 8.81. The Morgan fingerprint density at radius 3 is 2.38 bits per heavy atom. The lowest BCUT2D eigenvalue weighted by molar-refractivity contribution is -0.160.